The van der Waals surface area contributed by atoms with Gasteiger partial charge in [-0.3, -0.25) is 4.90 Å². The number of methoxy groups -OCH3 is 1. The lowest BCUT2D eigenvalue weighted by molar-refractivity contribution is -0.0572. The zero-order chi connectivity index (χ0) is 19.6. The molecule has 150 valence electrons. The van der Waals surface area contributed by atoms with Crippen LogP contribution >= 0.6 is 0 Å². The van der Waals surface area contributed by atoms with E-state index in [2.05, 4.69) is 46.6 Å². The Hall–Kier alpha value is -2.10. The van der Waals surface area contributed by atoms with Crippen LogP contribution in [0.2, 0.25) is 0 Å². The van der Waals surface area contributed by atoms with E-state index in [-0.39, 0.29) is 11.6 Å². The van der Waals surface area contributed by atoms with Crippen LogP contribution in [0.5, 0.6) is 0 Å². The van der Waals surface area contributed by atoms with Gasteiger partial charge in [-0.25, -0.2) is 4.79 Å². The van der Waals surface area contributed by atoms with Crippen molar-refractivity contribution in [2.24, 2.45) is 5.92 Å². The van der Waals surface area contributed by atoms with Crippen molar-refractivity contribution in [3.63, 3.8) is 0 Å². The topological polar surface area (TPSA) is 68.6 Å². The van der Waals surface area contributed by atoms with Gasteiger partial charge >= 0.3 is 6.09 Å². The summed E-state index contributed by atoms with van der Waals surface area (Å²) in [6.45, 7) is 4.32. The van der Waals surface area contributed by atoms with E-state index in [0.29, 0.717) is 37.4 Å². The first-order valence-corrected chi connectivity index (χ1v) is 10.4. The maximum atomic E-state index is 11.7. The average molecular weight is 383 g/mol. The number of carbonyl (C=O) groups is 1. The molecule has 4 rings (SSSR count). The number of rotatable bonds is 6. The monoisotopic (exact) mass is 382 g/mol. The maximum Gasteiger partial charge on any atom is 0.409 e. The summed E-state index contributed by atoms with van der Waals surface area (Å²) in [7, 11) is 1.41. The van der Waals surface area contributed by atoms with Crippen molar-refractivity contribution in [3.8, 4) is 6.07 Å². The Morgan fingerprint density at radius 2 is 2.00 bits per heavy atom. The summed E-state index contributed by atoms with van der Waals surface area (Å²) >= 11 is 0. The van der Waals surface area contributed by atoms with Gasteiger partial charge in [-0.2, -0.15) is 5.26 Å². The number of hydrogen-bond acceptors (Lipinski definition) is 5. The molecule has 28 heavy (non-hydrogen) atoms. The summed E-state index contributed by atoms with van der Waals surface area (Å²) in [5.41, 5.74) is 1.28. The van der Waals surface area contributed by atoms with E-state index >= 15 is 0 Å². The first-order chi connectivity index (χ1) is 13.6. The van der Waals surface area contributed by atoms with Crippen LogP contribution in [0.25, 0.3) is 0 Å². The Morgan fingerprint density at radius 1 is 1.29 bits per heavy atom. The van der Waals surface area contributed by atoms with Crippen molar-refractivity contribution in [2.45, 2.75) is 43.2 Å². The van der Waals surface area contributed by atoms with Crippen LogP contribution in [0.15, 0.2) is 30.3 Å². The van der Waals surface area contributed by atoms with Crippen molar-refractivity contribution in [3.05, 3.63) is 35.9 Å². The zero-order valence-electron chi connectivity index (χ0n) is 16.6. The van der Waals surface area contributed by atoms with Crippen LogP contribution in [0.1, 0.15) is 37.2 Å². The second-order valence-corrected chi connectivity index (χ2v) is 8.58. The first-order valence-electron chi connectivity index (χ1n) is 10.4. The molecular weight excluding hydrogens is 352 g/mol. The third-order valence-corrected chi connectivity index (χ3v) is 6.78. The molecule has 1 aliphatic carbocycles. The summed E-state index contributed by atoms with van der Waals surface area (Å²) in [6, 6.07) is 13.8. The minimum absolute atomic E-state index is 0.170. The molecule has 1 N–H and O–H groups in total. The SMILES string of the molecule is COC(=O)N1CC(CC#N)(N2CCC(CN[C@@H]3C[C@H]3c3ccccc3)CC2)C1. The third kappa shape index (κ3) is 3.87. The molecule has 0 aromatic heterocycles. The molecule has 1 saturated carbocycles. The van der Waals surface area contributed by atoms with Crippen LogP contribution in [0.3, 0.4) is 0 Å². The van der Waals surface area contributed by atoms with E-state index in [1.54, 1.807) is 4.90 Å². The smallest absolute Gasteiger partial charge is 0.409 e. The molecule has 1 aromatic carbocycles. The molecular formula is C22H30N4O2. The third-order valence-electron chi connectivity index (χ3n) is 6.78. The molecule has 2 saturated heterocycles. The summed E-state index contributed by atoms with van der Waals surface area (Å²) in [4.78, 5) is 15.8. The Bertz CT molecular complexity index is 718. The number of piperidine rings is 1. The number of nitrogens with zero attached hydrogens (tertiary/aromatic N) is 3. The predicted octanol–water partition coefficient (Wildman–Crippen LogP) is 2.58. The average Bonchev–Trinajstić information content (AvgIpc) is 3.49. The zero-order valence-corrected chi connectivity index (χ0v) is 16.6. The van der Waals surface area contributed by atoms with Gasteiger partial charge in [-0.1, -0.05) is 30.3 Å². The fourth-order valence-corrected chi connectivity index (χ4v) is 4.91. The highest BCUT2D eigenvalue weighted by molar-refractivity contribution is 5.69. The van der Waals surface area contributed by atoms with Gasteiger partial charge in [0.25, 0.3) is 0 Å². The van der Waals surface area contributed by atoms with E-state index in [1.807, 2.05) is 0 Å². The highest BCUT2D eigenvalue weighted by atomic mass is 16.5. The van der Waals surface area contributed by atoms with E-state index in [9.17, 15) is 10.1 Å². The number of nitrogens with one attached hydrogen (secondary N) is 1. The quantitative estimate of drug-likeness (QED) is 0.819. The lowest BCUT2D eigenvalue weighted by Crippen LogP contribution is -2.72. The second kappa shape index (κ2) is 8.10. The van der Waals surface area contributed by atoms with Crippen LogP contribution in [0, 0.1) is 17.2 Å². The summed E-state index contributed by atoms with van der Waals surface area (Å²) in [6.07, 6.45) is 3.74. The van der Waals surface area contributed by atoms with Crippen molar-refractivity contribution >= 4 is 6.09 Å². The van der Waals surface area contributed by atoms with E-state index in [0.717, 1.165) is 32.5 Å². The van der Waals surface area contributed by atoms with Crippen LogP contribution in [-0.4, -0.2) is 67.3 Å². The van der Waals surface area contributed by atoms with Gasteiger partial charge in [0.05, 0.1) is 25.1 Å². The fraction of sp³-hybridized carbons (Fsp3) is 0.636. The summed E-state index contributed by atoms with van der Waals surface area (Å²) < 4.78 is 4.81. The highest BCUT2D eigenvalue weighted by Gasteiger charge is 2.50. The second-order valence-electron chi connectivity index (χ2n) is 8.58. The number of hydrogen-bond donors (Lipinski definition) is 1. The Morgan fingerprint density at radius 3 is 2.64 bits per heavy atom. The molecule has 0 spiro atoms. The number of benzene rings is 1. The Balaban J connectivity index is 1.21. The summed E-state index contributed by atoms with van der Waals surface area (Å²) in [5.74, 6) is 1.38. The number of carbonyl (C=O) groups excluding carboxylic acids is 1. The van der Waals surface area contributed by atoms with Gasteiger partial charge in [-0.05, 0) is 50.4 Å². The number of amides is 1. The lowest BCUT2D eigenvalue weighted by atomic mass is 9.82. The van der Waals surface area contributed by atoms with Crippen molar-refractivity contribution < 1.29 is 9.53 Å². The Kier molecular flexibility index (Phi) is 5.56. The van der Waals surface area contributed by atoms with Gasteiger partial charge in [0.1, 0.15) is 0 Å². The molecule has 3 aliphatic rings. The van der Waals surface area contributed by atoms with E-state index < -0.39 is 0 Å². The number of likely N-dealkylation sites (tertiary alicyclic amines) is 2. The van der Waals surface area contributed by atoms with E-state index in [4.69, 9.17) is 4.74 Å². The molecule has 0 bridgehead atoms. The highest BCUT2D eigenvalue weighted by Crippen LogP contribution is 2.41. The van der Waals surface area contributed by atoms with Crippen LogP contribution < -0.4 is 5.32 Å². The molecule has 1 aromatic rings. The molecule has 2 aliphatic heterocycles. The first kappa shape index (κ1) is 19.2. The van der Waals surface area contributed by atoms with Crippen molar-refractivity contribution in [1.82, 2.24) is 15.1 Å². The van der Waals surface area contributed by atoms with Crippen LogP contribution in [0.4, 0.5) is 4.79 Å². The summed E-state index contributed by atoms with van der Waals surface area (Å²) in [5, 5.41) is 13.1. The van der Waals surface area contributed by atoms with Gasteiger partial charge < -0.3 is 15.0 Å². The molecule has 0 radical (unpaired) electrons. The largest absolute Gasteiger partial charge is 0.453 e. The molecule has 6 heteroatoms. The number of nitriles is 1. The minimum atomic E-state index is -0.287. The molecule has 6 nitrogen and oxygen atoms in total. The Labute approximate surface area is 167 Å². The molecule has 0 unspecified atom stereocenters. The standard InChI is InChI=1S/C22H30N4O2/c1-28-21(27)25-15-22(16-25,9-10-23)26-11-7-17(8-12-26)14-24-20-13-19(20)18-5-3-2-4-6-18/h2-6,17,19-20,24H,7-9,11-16H2,1H3/t19-,20+/m0/s1. The van der Waals surface area contributed by atoms with Gasteiger partial charge in [0.2, 0.25) is 0 Å². The van der Waals surface area contributed by atoms with Crippen molar-refractivity contribution in [2.75, 3.05) is 39.8 Å². The van der Waals surface area contributed by atoms with Gasteiger partial charge in [-0.15, -0.1) is 0 Å². The normalized spacial score (nSPS) is 26.9. The van der Waals surface area contributed by atoms with Crippen LogP contribution in [-0.2, 0) is 4.74 Å². The minimum Gasteiger partial charge on any atom is -0.453 e. The predicted molar refractivity (Wildman–Crippen MR) is 107 cm³/mol. The molecule has 3 fully saturated rings. The van der Waals surface area contributed by atoms with Gasteiger partial charge in [0, 0.05) is 25.0 Å². The maximum absolute atomic E-state index is 11.7. The molecule has 2 atom stereocenters. The van der Waals surface area contributed by atoms with E-state index in [1.165, 1.54) is 19.1 Å². The van der Waals surface area contributed by atoms with Crippen molar-refractivity contribution in [1.29, 1.82) is 5.26 Å². The lowest BCUT2D eigenvalue weighted by Gasteiger charge is -2.55. The van der Waals surface area contributed by atoms with Gasteiger partial charge in [0.15, 0.2) is 0 Å². The number of ether oxygens (including phenoxy) is 1. The molecule has 1 amide bonds. The molecule has 2 heterocycles. The fourth-order valence-electron chi connectivity index (χ4n) is 4.91.